The third-order valence-electron chi connectivity index (χ3n) is 2.22. The summed E-state index contributed by atoms with van der Waals surface area (Å²) in [6.07, 6.45) is 0.470. The lowest BCUT2D eigenvalue weighted by Crippen LogP contribution is -2.37. The van der Waals surface area contributed by atoms with E-state index in [0.29, 0.717) is 6.42 Å². The molecule has 0 aliphatic rings. The van der Waals surface area contributed by atoms with Gasteiger partial charge >= 0.3 is 0 Å². The number of aliphatic hydroxyl groups excluding tert-OH is 1. The fraction of sp³-hybridized carbons (Fsp3) is 0.400. The Morgan fingerprint density at radius 2 is 1.88 bits per heavy atom. The zero-order valence-corrected chi connectivity index (χ0v) is 11.5. The first kappa shape index (κ1) is 14.7. The van der Waals surface area contributed by atoms with E-state index in [1.807, 2.05) is 0 Å². The first-order valence-electron chi connectivity index (χ1n) is 4.99. The molecule has 0 aromatic heterocycles. The molecule has 1 rings (SSSR count). The fourth-order valence-corrected chi connectivity index (χ4v) is 3.72. The van der Waals surface area contributed by atoms with E-state index in [9.17, 15) is 8.42 Å². The Bertz CT molecular complexity index is 466. The van der Waals surface area contributed by atoms with E-state index in [0.717, 1.165) is 0 Å². The highest BCUT2D eigenvalue weighted by Gasteiger charge is 2.23. The average Bonchev–Trinajstić information content (AvgIpc) is 2.25. The molecule has 96 valence electrons. The van der Waals surface area contributed by atoms with E-state index in [2.05, 4.69) is 4.72 Å². The van der Waals surface area contributed by atoms with Crippen molar-refractivity contribution in [1.29, 1.82) is 0 Å². The van der Waals surface area contributed by atoms with Gasteiger partial charge in [-0.2, -0.15) is 0 Å². The van der Waals surface area contributed by atoms with Crippen LogP contribution in [-0.4, -0.2) is 26.2 Å². The van der Waals surface area contributed by atoms with E-state index in [1.165, 1.54) is 12.1 Å². The van der Waals surface area contributed by atoms with Gasteiger partial charge in [0.05, 0.1) is 16.7 Å². The first-order chi connectivity index (χ1) is 7.92. The molecule has 0 heterocycles. The summed E-state index contributed by atoms with van der Waals surface area (Å²) in [6, 6.07) is 3.91. The van der Waals surface area contributed by atoms with Gasteiger partial charge in [0, 0.05) is 6.04 Å². The van der Waals surface area contributed by atoms with Gasteiger partial charge in [-0.05, 0) is 18.6 Å². The Morgan fingerprint density at radius 3 is 2.29 bits per heavy atom. The van der Waals surface area contributed by atoms with Crippen molar-refractivity contribution in [2.45, 2.75) is 24.3 Å². The van der Waals surface area contributed by atoms with Gasteiger partial charge in [0.2, 0.25) is 10.0 Å². The van der Waals surface area contributed by atoms with Gasteiger partial charge in [-0.25, -0.2) is 13.1 Å². The highest BCUT2D eigenvalue weighted by molar-refractivity contribution is 7.89. The van der Waals surface area contributed by atoms with Crippen molar-refractivity contribution in [1.82, 2.24) is 4.72 Å². The minimum atomic E-state index is -3.82. The largest absolute Gasteiger partial charge is 0.395 e. The van der Waals surface area contributed by atoms with Crippen molar-refractivity contribution < 1.29 is 13.5 Å². The minimum absolute atomic E-state index is 0.0535. The van der Waals surface area contributed by atoms with Crippen LogP contribution >= 0.6 is 23.2 Å². The minimum Gasteiger partial charge on any atom is -0.395 e. The third-order valence-corrected chi connectivity index (χ3v) is 4.70. The fourth-order valence-electron chi connectivity index (χ4n) is 1.27. The molecule has 1 unspecified atom stereocenters. The zero-order valence-electron chi connectivity index (χ0n) is 9.15. The molecule has 1 atom stereocenters. The first-order valence-corrected chi connectivity index (χ1v) is 7.23. The van der Waals surface area contributed by atoms with Crippen molar-refractivity contribution in [3.8, 4) is 0 Å². The third kappa shape index (κ3) is 3.56. The summed E-state index contributed by atoms with van der Waals surface area (Å²) in [5, 5.41) is 9.09. The molecule has 0 saturated heterocycles. The summed E-state index contributed by atoms with van der Waals surface area (Å²) in [5.41, 5.74) is 0. The van der Waals surface area contributed by atoms with Gasteiger partial charge < -0.3 is 5.11 Å². The molecule has 0 saturated carbocycles. The van der Waals surface area contributed by atoms with E-state index in [-0.39, 0.29) is 21.5 Å². The summed E-state index contributed by atoms with van der Waals surface area (Å²) < 4.78 is 26.4. The Kier molecular flexibility index (Phi) is 5.22. The lowest BCUT2D eigenvalue weighted by Gasteiger charge is -2.15. The second-order valence-corrected chi connectivity index (χ2v) is 5.93. The Labute approximate surface area is 111 Å². The molecule has 0 aliphatic carbocycles. The Balaban J connectivity index is 3.14. The maximum absolute atomic E-state index is 12.0. The van der Waals surface area contributed by atoms with Crippen LogP contribution in [-0.2, 0) is 10.0 Å². The number of benzene rings is 1. The van der Waals surface area contributed by atoms with Gasteiger partial charge in [0.15, 0.2) is 0 Å². The van der Waals surface area contributed by atoms with Crippen LogP contribution in [0.3, 0.4) is 0 Å². The predicted molar refractivity (Wildman–Crippen MR) is 67.9 cm³/mol. The van der Waals surface area contributed by atoms with Crippen LogP contribution in [0.4, 0.5) is 0 Å². The van der Waals surface area contributed by atoms with Gasteiger partial charge in [0.25, 0.3) is 0 Å². The number of hydrogen-bond donors (Lipinski definition) is 2. The second-order valence-electron chi connectivity index (χ2n) is 3.46. The number of halogens is 2. The molecule has 17 heavy (non-hydrogen) atoms. The molecular weight excluding hydrogens is 285 g/mol. The average molecular weight is 298 g/mol. The second kappa shape index (κ2) is 6.02. The molecule has 1 aromatic carbocycles. The Morgan fingerprint density at radius 1 is 1.35 bits per heavy atom. The predicted octanol–water partition coefficient (Wildman–Crippen LogP) is 2.04. The number of rotatable bonds is 5. The number of nitrogens with one attached hydrogen (secondary N) is 1. The summed E-state index contributed by atoms with van der Waals surface area (Å²) in [4.78, 5) is -0.157. The lowest BCUT2D eigenvalue weighted by molar-refractivity contribution is 0.254. The van der Waals surface area contributed by atoms with Gasteiger partial charge in [-0.15, -0.1) is 0 Å². The van der Waals surface area contributed by atoms with Crippen LogP contribution < -0.4 is 4.72 Å². The van der Waals surface area contributed by atoms with Crippen molar-refractivity contribution in [3.05, 3.63) is 28.2 Å². The molecule has 0 spiro atoms. The highest BCUT2D eigenvalue weighted by Crippen LogP contribution is 2.28. The molecule has 4 nitrogen and oxygen atoms in total. The molecular formula is C10H13Cl2NO3S. The summed E-state index contributed by atoms with van der Waals surface area (Å²) in [6.45, 7) is 1.48. The van der Waals surface area contributed by atoms with Crippen LogP contribution in [0.5, 0.6) is 0 Å². The van der Waals surface area contributed by atoms with Gasteiger partial charge in [-0.3, -0.25) is 0 Å². The van der Waals surface area contributed by atoms with Crippen molar-refractivity contribution in [2.24, 2.45) is 0 Å². The quantitative estimate of drug-likeness (QED) is 0.874. The molecule has 0 amide bonds. The summed E-state index contributed by atoms with van der Waals surface area (Å²) in [5.74, 6) is 0. The van der Waals surface area contributed by atoms with Crippen molar-refractivity contribution in [3.63, 3.8) is 0 Å². The van der Waals surface area contributed by atoms with Crippen molar-refractivity contribution in [2.75, 3.05) is 6.61 Å². The number of aliphatic hydroxyl groups is 1. The van der Waals surface area contributed by atoms with E-state index in [1.54, 1.807) is 13.0 Å². The van der Waals surface area contributed by atoms with Gasteiger partial charge in [0.1, 0.15) is 4.90 Å². The van der Waals surface area contributed by atoms with E-state index in [4.69, 9.17) is 28.3 Å². The molecule has 0 radical (unpaired) electrons. The topological polar surface area (TPSA) is 66.4 Å². The van der Waals surface area contributed by atoms with Crippen molar-refractivity contribution >= 4 is 33.2 Å². The maximum Gasteiger partial charge on any atom is 0.243 e. The maximum atomic E-state index is 12.0. The van der Waals surface area contributed by atoms with Crippen LogP contribution in [0, 0.1) is 0 Å². The van der Waals surface area contributed by atoms with Gasteiger partial charge in [-0.1, -0.05) is 36.2 Å². The SMILES string of the molecule is CCC(CO)NS(=O)(=O)c1c(Cl)cccc1Cl. The standard InChI is InChI=1S/C10H13Cl2NO3S/c1-2-7(6-14)13-17(15,16)10-8(11)4-3-5-9(10)12/h3-5,7,13-14H,2,6H2,1H3. The monoisotopic (exact) mass is 297 g/mol. The lowest BCUT2D eigenvalue weighted by atomic mass is 10.3. The molecule has 7 heteroatoms. The van der Waals surface area contributed by atoms with Crippen LogP contribution in [0.15, 0.2) is 23.1 Å². The molecule has 1 aromatic rings. The molecule has 0 bridgehead atoms. The number of hydrogen-bond acceptors (Lipinski definition) is 3. The molecule has 2 N–H and O–H groups in total. The van der Waals surface area contributed by atoms with Crippen LogP contribution in [0.25, 0.3) is 0 Å². The molecule has 0 aliphatic heterocycles. The molecule has 0 fully saturated rings. The highest BCUT2D eigenvalue weighted by atomic mass is 35.5. The van der Waals surface area contributed by atoms with Crippen LogP contribution in [0.1, 0.15) is 13.3 Å². The zero-order chi connectivity index (χ0) is 13.1. The summed E-state index contributed by atoms with van der Waals surface area (Å²) in [7, 11) is -3.82. The summed E-state index contributed by atoms with van der Waals surface area (Å²) >= 11 is 11.6. The Hall–Kier alpha value is -0.330. The van der Waals surface area contributed by atoms with Crippen LogP contribution in [0.2, 0.25) is 10.0 Å². The van der Waals surface area contributed by atoms with E-state index < -0.39 is 16.1 Å². The van der Waals surface area contributed by atoms with E-state index >= 15 is 0 Å². The number of sulfonamides is 1. The smallest absolute Gasteiger partial charge is 0.243 e. The normalized spacial score (nSPS) is 13.6.